The van der Waals surface area contributed by atoms with Gasteiger partial charge in [0.05, 0.1) is 18.4 Å². The van der Waals surface area contributed by atoms with Crippen molar-refractivity contribution in [2.75, 3.05) is 33.3 Å². The number of hydrogen-bond acceptors (Lipinski definition) is 3. The van der Waals surface area contributed by atoms with E-state index in [0.717, 1.165) is 56.3 Å². The van der Waals surface area contributed by atoms with E-state index in [1.54, 1.807) is 0 Å². The first-order valence-electron chi connectivity index (χ1n) is 12.4. The molecule has 5 nitrogen and oxygen atoms in total. The van der Waals surface area contributed by atoms with Crippen LogP contribution in [0.3, 0.4) is 0 Å². The first-order chi connectivity index (χ1) is 16.1. The molecule has 2 aromatic carbocycles. The summed E-state index contributed by atoms with van der Waals surface area (Å²) in [7, 11) is 1.89. The summed E-state index contributed by atoms with van der Waals surface area (Å²) < 4.78 is 6.05. The van der Waals surface area contributed by atoms with Gasteiger partial charge in [0.15, 0.2) is 0 Å². The number of likely N-dealkylation sites (tertiary alicyclic amines) is 1. The lowest BCUT2D eigenvalue weighted by Gasteiger charge is -2.42. The minimum atomic E-state index is -0.362. The third-order valence-electron chi connectivity index (χ3n) is 7.33. The van der Waals surface area contributed by atoms with Crippen LogP contribution in [0.5, 0.6) is 5.75 Å². The Hall–Kier alpha value is -2.82. The van der Waals surface area contributed by atoms with E-state index in [-0.39, 0.29) is 17.2 Å². The second-order valence-electron chi connectivity index (χ2n) is 9.57. The minimum Gasteiger partial charge on any atom is -0.491 e. The van der Waals surface area contributed by atoms with Gasteiger partial charge in [-0.05, 0) is 49.3 Å². The molecule has 1 fully saturated rings. The minimum absolute atomic E-state index is 0.160. The predicted molar refractivity (Wildman–Crippen MR) is 130 cm³/mol. The van der Waals surface area contributed by atoms with Gasteiger partial charge in [0.2, 0.25) is 11.8 Å². The molecule has 2 aliphatic rings. The Kier molecular flexibility index (Phi) is 7.69. The van der Waals surface area contributed by atoms with Crippen LogP contribution < -0.4 is 4.74 Å². The second-order valence-corrected chi connectivity index (χ2v) is 9.57. The van der Waals surface area contributed by atoms with Crippen LogP contribution in [-0.2, 0) is 22.4 Å². The number of nitrogens with zero attached hydrogens (tertiary/aromatic N) is 2. The van der Waals surface area contributed by atoms with Gasteiger partial charge in [-0.15, -0.1) is 0 Å². The lowest BCUT2D eigenvalue weighted by atomic mass is 9.73. The first kappa shape index (κ1) is 23.3. The fourth-order valence-electron chi connectivity index (χ4n) is 5.24. The van der Waals surface area contributed by atoms with Gasteiger partial charge < -0.3 is 14.5 Å². The van der Waals surface area contributed by atoms with Crippen molar-refractivity contribution in [2.24, 2.45) is 5.41 Å². The van der Waals surface area contributed by atoms with Crippen LogP contribution in [0.15, 0.2) is 54.6 Å². The molecule has 5 heteroatoms. The van der Waals surface area contributed by atoms with E-state index < -0.39 is 0 Å². The highest BCUT2D eigenvalue weighted by Gasteiger charge is 2.43. The fraction of sp³-hybridized carbons (Fsp3) is 0.500. The molecular formula is C28H36N2O3. The zero-order chi connectivity index (χ0) is 23.1. The van der Waals surface area contributed by atoms with Crippen LogP contribution in [0.1, 0.15) is 49.7 Å². The standard InChI is InChI=1S/C28H36N2O3/c1-29-20-21-33-25-14-8-7-13-24(25)12-6-3-9-15-28(27(29)32)16-18-30(19-17-28)26(31)22-23-10-4-2-5-11-23/h2,4-5,7-8,10-11,13-14H,3,6,9,12,15-22H2,1H3. The van der Waals surface area contributed by atoms with Gasteiger partial charge in [0, 0.05) is 20.1 Å². The van der Waals surface area contributed by atoms with Crippen molar-refractivity contribution in [1.29, 1.82) is 0 Å². The number of carbonyl (C=O) groups is 2. The number of hydrogen-bond donors (Lipinski definition) is 0. The molecule has 0 saturated carbocycles. The van der Waals surface area contributed by atoms with Gasteiger partial charge in [0.1, 0.15) is 12.4 Å². The van der Waals surface area contributed by atoms with Gasteiger partial charge in [-0.25, -0.2) is 0 Å². The smallest absolute Gasteiger partial charge is 0.228 e. The van der Waals surface area contributed by atoms with E-state index in [4.69, 9.17) is 4.74 Å². The van der Waals surface area contributed by atoms with Crippen molar-refractivity contribution in [3.05, 3.63) is 65.7 Å². The van der Waals surface area contributed by atoms with E-state index in [0.29, 0.717) is 32.7 Å². The zero-order valence-corrected chi connectivity index (χ0v) is 19.8. The van der Waals surface area contributed by atoms with E-state index in [1.165, 1.54) is 5.56 Å². The highest BCUT2D eigenvalue weighted by molar-refractivity contribution is 5.84. The van der Waals surface area contributed by atoms with E-state index in [9.17, 15) is 9.59 Å². The van der Waals surface area contributed by atoms with Crippen LogP contribution >= 0.6 is 0 Å². The summed E-state index contributed by atoms with van der Waals surface area (Å²) in [6, 6.07) is 18.2. The molecule has 2 aliphatic heterocycles. The number of fused-ring (bicyclic) bond motifs is 1. The van der Waals surface area contributed by atoms with E-state index in [1.807, 2.05) is 59.3 Å². The zero-order valence-electron chi connectivity index (χ0n) is 19.8. The van der Waals surface area contributed by atoms with Crippen LogP contribution in [0, 0.1) is 5.41 Å². The number of ether oxygens (including phenoxy) is 1. The molecule has 2 heterocycles. The molecule has 0 bridgehead atoms. The van der Waals surface area contributed by atoms with Crippen molar-refractivity contribution in [1.82, 2.24) is 9.80 Å². The Morgan fingerprint density at radius 2 is 1.64 bits per heavy atom. The third-order valence-corrected chi connectivity index (χ3v) is 7.33. The summed E-state index contributed by atoms with van der Waals surface area (Å²) in [6.07, 6.45) is 7.08. The van der Waals surface area contributed by atoms with Crippen LogP contribution in [0.2, 0.25) is 0 Å². The quantitative estimate of drug-likeness (QED) is 0.680. The van der Waals surface area contributed by atoms with Gasteiger partial charge in [-0.1, -0.05) is 61.4 Å². The van der Waals surface area contributed by atoms with E-state index in [2.05, 4.69) is 12.1 Å². The number of likely N-dealkylation sites (N-methyl/N-ethyl adjacent to an activating group) is 1. The maximum atomic E-state index is 13.6. The number of para-hydroxylation sites is 1. The number of benzene rings is 2. The maximum Gasteiger partial charge on any atom is 0.228 e. The first-order valence-corrected chi connectivity index (χ1v) is 12.4. The normalized spacial score (nSPS) is 19.6. The predicted octanol–water partition coefficient (Wildman–Crippen LogP) is 4.49. The molecule has 0 N–H and O–H groups in total. The monoisotopic (exact) mass is 448 g/mol. The molecule has 4 rings (SSSR count). The topological polar surface area (TPSA) is 49.9 Å². The molecule has 0 radical (unpaired) electrons. The Morgan fingerprint density at radius 3 is 2.42 bits per heavy atom. The molecule has 0 aliphatic carbocycles. The van der Waals surface area contributed by atoms with Crippen molar-refractivity contribution < 1.29 is 14.3 Å². The van der Waals surface area contributed by atoms with Crippen LogP contribution in [-0.4, -0.2) is 54.9 Å². The van der Waals surface area contributed by atoms with Gasteiger partial charge in [-0.2, -0.15) is 0 Å². The lowest BCUT2D eigenvalue weighted by Crippen LogP contribution is -2.51. The van der Waals surface area contributed by atoms with E-state index >= 15 is 0 Å². The highest BCUT2D eigenvalue weighted by Crippen LogP contribution is 2.39. The summed E-state index contributed by atoms with van der Waals surface area (Å²) in [5.74, 6) is 1.32. The van der Waals surface area contributed by atoms with Crippen LogP contribution in [0.25, 0.3) is 0 Å². The third kappa shape index (κ3) is 5.76. The van der Waals surface area contributed by atoms with Crippen molar-refractivity contribution in [3.8, 4) is 5.75 Å². The lowest BCUT2D eigenvalue weighted by molar-refractivity contribution is -0.148. The molecule has 176 valence electrons. The largest absolute Gasteiger partial charge is 0.491 e. The van der Waals surface area contributed by atoms with Crippen LogP contribution in [0.4, 0.5) is 0 Å². The number of carbonyl (C=O) groups excluding carboxylic acids is 2. The van der Waals surface area contributed by atoms with Crippen molar-refractivity contribution >= 4 is 11.8 Å². The molecule has 2 amide bonds. The van der Waals surface area contributed by atoms with Gasteiger partial charge in [0.25, 0.3) is 0 Å². The Balaban J connectivity index is 1.40. The second kappa shape index (κ2) is 10.9. The number of piperidine rings is 1. The highest BCUT2D eigenvalue weighted by atomic mass is 16.5. The molecule has 1 spiro atoms. The average molecular weight is 449 g/mol. The molecule has 0 aromatic heterocycles. The SMILES string of the molecule is CN1CCOc2ccccc2CCCCCC2(CCN(C(=O)Cc3ccccc3)CC2)C1=O. The van der Waals surface area contributed by atoms with Gasteiger partial charge >= 0.3 is 0 Å². The molecule has 1 saturated heterocycles. The summed E-state index contributed by atoms with van der Waals surface area (Å²) in [6.45, 7) is 2.39. The van der Waals surface area contributed by atoms with Crippen molar-refractivity contribution in [3.63, 3.8) is 0 Å². The average Bonchev–Trinajstić information content (AvgIpc) is 2.85. The number of rotatable bonds is 2. The number of aryl methyl sites for hydroxylation is 1. The Bertz CT molecular complexity index is 935. The summed E-state index contributed by atoms with van der Waals surface area (Å²) in [5, 5.41) is 0. The fourth-order valence-corrected chi connectivity index (χ4v) is 5.24. The Morgan fingerprint density at radius 1 is 0.909 bits per heavy atom. The molecule has 0 unspecified atom stereocenters. The summed E-state index contributed by atoms with van der Waals surface area (Å²) in [5.41, 5.74) is 1.94. The molecule has 33 heavy (non-hydrogen) atoms. The molecular weight excluding hydrogens is 412 g/mol. The molecule has 2 aromatic rings. The summed E-state index contributed by atoms with van der Waals surface area (Å²) >= 11 is 0. The van der Waals surface area contributed by atoms with Gasteiger partial charge in [-0.3, -0.25) is 9.59 Å². The summed E-state index contributed by atoms with van der Waals surface area (Å²) in [4.78, 5) is 30.3. The van der Waals surface area contributed by atoms with Crippen molar-refractivity contribution in [2.45, 2.75) is 51.4 Å². The Labute approximate surface area is 197 Å². The molecule has 0 atom stereocenters. The number of amides is 2. The maximum absolute atomic E-state index is 13.6.